The highest BCUT2D eigenvalue weighted by molar-refractivity contribution is 5.81. The Hall–Kier alpha value is -2.91. The maximum Gasteiger partial charge on any atom is 0.430 e. The molecule has 0 amide bonds. The molecule has 1 heterocycles. The predicted molar refractivity (Wildman–Crippen MR) is 104 cm³/mol. The fourth-order valence-corrected chi connectivity index (χ4v) is 3.30. The monoisotopic (exact) mass is 439 g/mol. The molecule has 9 heteroatoms. The van der Waals surface area contributed by atoms with Crippen LogP contribution in [0.5, 0.6) is 0 Å². The second kappa shape index (κ2) is 9.93. The number of hydrogen-bond donors (Lipinski definition) is 1. The smallest absolute Gasteiger partial charge is 0.430 e. The van der Waals surface area contributed by atoms with Gasteiger partial charge in [-0.1, -0.05) is 54.6 Å². The lowest BCUT2D eigenvalue weighted by atomic mass is 9.96. The Labute approximate surface area is 178 Å². The third-order valence-electron chi connectivity index (χ3n) is 4.83. The van der Waals surface area contributed by atoms with Gasteiger partial charge in [0.2, 0.25) is 0 Å². The second-order valence-electron chi connectivity index (χ2n) is 7.83. The number of ether oxygens (including phenoxy) is 1. The van der Waals surface area contributed by atoms with Crippen molar-refractivity contribution >= 4 is 11.9 Å². The molecule has 1 saturated heterocycles. The zero-order valence-electron chi connectivity index (χ0n) is 17.1. The summed E-state index contributed by atoms with van der Waals surface area (Å²) in [6, 6.07) is 17.2. The molecule has 3 rings (SSSR count). The topological polar surface area (TPSA) is 86.7 Å². The first-order valence-electron chi connectivity index (χ1n) is 9.54. The molecule has 2 atom stereocenters. The maximum absolute atomic E-state index is 12.4. The van der Waals surface area contributed by atoms with Gasteiger partial charge in [-0.15, -0.1) is 0 Å². The molecule has 31 heavy (non-hydrogen) atoms. The number of aliphatic carboxylic acids is 1. The minimum atomic E-state index is -5.19. The highest BCUT2D eigenvalue weighted by atomic mass is 19.4. The summed E-state index contributed by atoms with van der Waals surface area (Å²) in [5, 5.41) is 19.3. The van der Waals surface area contributed by atoms with Crippen molar-refractivity contribution in [1.82, 2.24) is 0 Å². The van der Waals surface area contributed by atoms with Crippen molar-refractivity contribution in [3.8, 4) is 11.1 Å². The maximum atomic E-state index is 12.4. The first kappa shape index (κ1) is 24.4. The number of likely N-dealkylation sites (N-methyl/N-ethyl adjacent to an activating group) is 1. The van der Waals surface area contributed by atoms with Gasteiger partial charge in [0, 0.05) is 6.42 Å². The van der Waals surface area contributed by atoms with Crippen LogP contribution in [-0.2, 0) is 14.3 Å². The molecule has 2 unspecified atom stereocenters. The SMILES string of the molecule is C[N+]1(C)CCC(OC(=O)C(O)c2ccccc2-c2ccccc2)C1.O=C([O-])C(F)(F)F. The highest BCUT2D eigenvalue weighted by Crippen LogP contribution is 2.29. The number of aliphatic hydroxyl groups excluding tert-OH is 1. The third-order valence-corrected chi connectivity index (χ3v) is 4.83. The number of carboxylic acids is 1. The quantitative estimate of drug-likeness (QED) is 0.582. The summed E-state index contributed by atoms with van der Waals surface area (Å²) in [7, 11) is 4.24. The molecule has 2 aromatic carbocycles. The van der Waals surface area contributed by atoms with Gasteiger partial charge in [-0.2, -0.15) is 13.2 Å². The lowest BCUT2D eigenvalue weighted by Crippen LogP contribution is -2.38. The van der Waals surface area contributed by atoms with Gasteiger partial charge in [-0.05, 0) is 16.7 Å². The van der Waals surface area contributed by atoms with Crippen LogP contribution < -0.4 is 5.11 Å². The molecule has 0 spiro atoms. The number of esters is 1. The Morgan fingerprint density at radius 2 is 1.65 bits per heavy atom. The minimum Gasteiger partial charge on any atom is -0.542 e. The molecule has 6 nitrogen and oxygen atoms in total. The Kier molecular flexibility index (Phi) is 7.80. The summed E-state index contributed by atoms with van der Waals surface area (Å²) in [5.41, 5.74) is 2.41. The average Bonchev–Trinajstić information content (AvgIpc) is 3.06. The molecular weight excluding hydrogens is 415 g/mol. The largest absolute Gasteiger partial charge is 0.542 e. The number of aliphatic hydroxyl groups is 1. The molecule has 1 aliphatic heterocycles. The van der Waals surface area contributed by atoms with Crippen LogP contribution in [0, 0.1) is 0 Å². The Morgan fingerprint density at radius 1 is 1.10 bits per heavy atom. The molecule has 2 aromatic rings. The van der Waals surface area contributed by atoms with Crippen molar-refractivity contribution in [2.24, 2.45) is 0 Å². The lowest BCUT2D eigenvalue weighted by molar-refractivity contribution is -0.879. The van der Waals surface area contributed by atoms with Gasteiger partial charge < -0.3 is 24.2 Å². The van der Waals surface area contributed by atoms with Crippen molar-refractivity contribution in [3.63, 3.8) is 0 Å². The molecule has 168 valence electrons. The van der Waals surface area contributed by atoms with E-state index in [1.54, 1.807) is 6.07 Å². The summed E-state index contributed by atoms with van der Waals surface area (Å²) in [4.78, 5) is 21.2. The van der Waals surface area contributed by atoms with E-state index in [1.807, 2.05) is 48.5 Å². The average molecular weight is 439 g/mol. The van der Waals surface area contributed by atoms with Crippen LogP contribution in [0.3, 0.4) is 0 Å². The number of carbonyl (C=O) groups is 2. The van der Waals surface area contributed by atoms with Crippen LogP contribution in [0.2, 0.25) is 0 Å². The number of alkyl halides is 3. The zero-order valence-corrected chi connectivity index (χ0v) is 17.1. The molecule has 1 fully saturated rings. The predicted octanol–water partition coefficient (Wildman–Crippen LogP) is 2.08. The molecule has 0 aliphatic carbocycles. The van der Waals surface area contributed by atoms with Crippen LogP contribution >= 0.6 is 0 Å². The Bertz CT molecular complexity index is 900. The number of carboxylic acid groups (broad SMARTS) is 1. The van der Waals surface area contributed by atoms with Gasteiger partial charge in [0.05, 0.1) is 20.6 Å². The fourth-order valence-electron chi connectivity index (χ4n) is 3.30. The van der Waals surface area contributed by atoms with Crippen LogP contribution in [0.25, 0.3) is 11.1 Å². The van der Waals surface area contributed by atoms with E-state index < -0.39 is 24.2 Å². The number of nitrogens with zero attached hydrogens (tertiary/aromatic N) is 1. The number of rotatable bonds is 4. The lowest BCUT2D eigenvalue weighted by Gasteiger charge is -2.23. The van der Waals surface area contributed by atoms with Gasteiger partial charge in [-0.3, -0.25) is 0 Å². The van der Waals surface area contributed by atoms with Crippen LogP contribution in [0.4, 0.5) is 13.2 Å². The number of halogens is 3. The zero-order chi connectivity index (χ0) is 23.2. The summed E-state index contributed by atoms with van der Waals surface area (Å²) in [6.07, 6.45) is -5.74. The van der Waals surface area contributed by atoms with E-state index in [0.717, 1.165) is 35.1 Å². The second-order valence-corrected chi connectivity index (χ2v) is 7.83. The molecule has 1 N–H and O–H groups in total. The molecular formula is C22H24F3NO5. The number of carbonyl (C=O) groups excluding carboxylic acids is 2. The van der Waals surface area contributed by atoms with Gasteiger partial charge in [0.1, 0.15) is 12.5 Å². The number of quaternary nitrogens is 1. The molecule has 0 radical (unpaired) electrons. The van der Waals surface area contributed by atoms with E-state index in [9.17, 15) is 23.1 Å². The first-order chi connectivity index (χ1) is 14.4. The summed E-state index contributed by atoms with van der Waals surface area (Å²) in [5.74, 6) is -3.57. The van der Waals surface area contributed by atoms with Gasteiger partial charge in [-0.25, -0.2) is 4.79 Å². The van der Waals surface area contributed by atoms with Crippen molar-refractivity contribution in [3.05, 3.63) is 60.2 Å². The van der Waals surface area contributed by atoms with E-state index in [0.29, 0.717) is 5.56 Å². The van der Waals surface area contributed by atoms with Gasteiger partial charge >= 0.3 is 12.1 Å². The van der Waals surface area contributed by atoms with E-state index >= 15 is 0 Å². The molecule has 0 aromatic heterocycles. The molecule has 0 saturated carbocycles. The van der Waals surface area contributed by atoms with Gasteiger partial charge in [0.15, 0.2) is 12.2 Å². The third kappa shape index (κ3) is 7.08. The van der Waals surface area contributed by atoms with E-state index in [-0.39, 0.29) is 6.10 Å². The van der Waals surface area contributed by atoms with Crippen molar-refractivity contribution in [2.75, 3.05) is 27.2 Å². The first-order valence-corrected chi connectivity index (χ1v) is 9.54. The molecule has 0 bridgehead atoms. The normalized spacial score (nSPS) is 18.5. The van der Waals surface area contributed by atoms with Crippen molar-refractivity contribution < 1.29 is 42.2 Å². The van der Waals surface area contributed by atoms with Gasteiger partial charge in [0.25, 0.3) is 0 Å². The number of benzene rings is 2. The van der Waals surface area contributed by atoms with Crippen LogP contribution in [-0.4, -0.2) is 61.0 Å². The standard InChI is InChI=1S/C20H24NO3.C2HF3O2/c1-21(2)13-12-16(14-21)24-20(23)19(22)18-11-7-6-10-17(18)15-8-4-3-5-9-15;3-2(4,5)1(6)7/h3-11,16,19,22H,12-14H2,1-2H3;(H,6,7)/q+1;/p-1. The molecule has 1 aliphatic rings. The van der Waals surface area contributed by atoms with Crippen molar-refractivity contribution in [1.29, 1.82) is 0 Å². The fraction of sp³-hybridized carbons (Fsp3) is 0.364. The van der Waals surface area contributed by atoms with E-state index in [4.69, 9.17) is 14.6 Å². The Morgan fingerprint density at radius 3 is 2.16 bits per heavy atom. The van der Waals surface area contributed by atoms with Crippen molar-refractivity contribution in [2.45, 2.75) is 24.8 Å². The van der Waals surface area contributed by atoms with E-state index in [2.05, 4.69) is 14.1 Å². The van der Waals surface area contributed by atoms with Crippen LogP contribution in [0.15, 0.2) is 54.6 Å². The number of likely N-dealkylation sites (tertiary alicyclic amines) is 1. The van der Waals surface area contributed by atoms with Crippen LogP contribution in [0.1, 0.15) is 18.1 Å². The summed E-state index contributed by atoms with van der Waals surface area (Å²) >= 11 is 0. The van der Waals surface area contributed by atoms with E-state index in [1.165, 1.54) is 0 Å². The number of hydrogen-bond acceptors (Lipinski definition) is 5. The summed E-state index contributed by atoms with van der Waals surface area (Å²) in [6.45, 7) is 1.77. The highest BCUT2D eigenvalue weighted by Gasteiger charge is 2.35. The summed E-state index contributed by atoms with van der Waals surface area (Å²) < 4.78 is 37.9. The minimum absolute atomic E-state index is 0.119. The Balaban J connectivity index is 0.000000423.